The SMILES string of the molecule is COc1cc(OC)c(Cl)c(N2Cc3cnc4c(cc(C#N)n4S(=O)(=O)c4ccccc4)c3N(C)C2=O)c1. The second kappa shape index (κ2) is 8.99. The summed E-state index contributed by atoms with van der Waals surface area (Å²) < 4.78 is 38.5. The summed E-state index contributed by atoms with van der Waals surface area (Å²) in [5.74, 6) is 0.792. The van der Waals surface area contributed by atoms with Crippen molar-refractivity contribution in [2.24, 2.45) is 0 Å². The minimum absolute atomic E-state index is 0.0146. The maximum absolute atomic E-state index is 13.6. The fourth-order valence-electron chi connectivity index (χ4n) is 4.41. The van der Waals surface area contributed by atoms with Crippen molar-refractivity contribution in [3.8, 4) is 17.6 Å². The topological polar surface area (TPSA) is 118 Å². The van der Waals surface area contributed by atoms with Gasteiger partial charge in [0.25, 0.3) is 10.0 Å². The van der Waals surface area contributed by atoms with Crippen molar-refractivity contribution >= 4 is 50.1 Å². The first-order valence-electron chi connectivity index (χ1n) is 10.9. The van der Waals surface area contributed by atoms with Crippen LogP contribution in [0.1, 0.15) is 11.3 Å². The number of rotatable bonds is 5. The molecule has 0 unspecified atom stereocenters. The summed E-state index contributed by atoms with van der Waals surface area (Å²) in [5.41, 5.74) is 1.39. The van der Waals surface area contributed by atoms with Gasteiger partial charge in [0.05, 0.1) is 37.0 Å². The highest BCUT2D eigenvalue weighted by molar-refractivity contribution is 7.90. The molecular weight excluding hydrogens is 518 g/mol. The third-order valence-electron chi connectivity index (χ3n) is 6.15. The number of ether oxygens (including phenoxy) is 2. The van der Waals surface area contributed by atoms with Crippen LogP contribution in [0.25, 0.3) is 11.0 Å². The third kappa shape index (κ3) is 3.73. The van der Waals surface area contributed by atoms with Crippen molar-refractivity contribution < 1.29 is 22.7 Å². The number of carbonyl (C=O) groups is 1. The fraction of sp³-hybridized carbons (Fsp3) is 0.160. The molecule has 0 radical (unpaired) electrons. The number of hydrogen-bond donors (Lipinski definition) is 0. The van der Waals surface area contributed by atoms with Gasteiger partial charge in [0, 0.05) is 36.3 Å². The zero-order chi connectivity index (χ0) is 26.5. The van der Waals surface area contributed by atoms with Gasteiger partial charge in [-0.1, -0.05) is 29.8 Å². The summed E-state index contributed by atoms with van der Waals surface area (Å²) in [6, 6.07) is 14.0. The van der Waals surface area contributed by atoms with E-state index in [4.69, 9.17) is 21.1 Å². The van der Waals surface area contributed by atoms with Crippen molar-refractivity contribution in [1.29, 1.82) is 5.26 Å². The molecule has 0 saturated carbocycles. The Bertz CT molecular complexity index is 1710. The summed E-state index contributed by atoms with van der Waals surface area (Å²) in [7, 11) is 0.395. The number of aromatic nitrogens is 2. The molecule has 0 spiro atoms. The number of urea groups is 1. The molecule has 10 nitrogen and oxygen atoms in total. The van der Waals surface area contributed by atoms with E-state index in [1.807, 2.05) is 6.07 Å². The van der Waals surface area contributed by atoms with Gasteiger partial charge in [0.1, 0.15) is 28.3 Å². The zero-order valence-electron chi connectivity index (χ0n) is 20.0. The van der Waals surface area contributed by atoms with Crippen molar-refractivity contribution in [2.45, 2.75) is 11.4 Å². The van der Waals surface area contributed by atoms with Crippen molar-refractivity contribution in [1.82, 2.24) is 8.96 Å². The van der Waals surface area contributed by atoms with Crippen LogP contribution in [-0.4, -0.2) is 44.7 Å². The second-order valence-corrected chi connectivity index (χ2v) is 10.3. The van der Waals surface area contributed by atoms with Gasteiger partial charge in [-0.05, 0) is 18.2 Å². The number of halogens is 1. The summed E-state index contributed by atoms with van der Waals surface area (Å²) >= 11 is 6.54. The molecule has 2 aromatic carbocycles. The van der Waals surface area contributed by atoms with E-state index in [0.29, 0.717) is 33.8 Å². The van der Waals surface area contributed by atoms with Crippen LogP contribution in [0.15, 0.2) is 59.6 Å². The third-order valence-corrected chi connectivity index (χ3v) is 8.25. The van der Waals surface area contributed by atoms with Crippen LogP contribution in [0.3, 0.4) is 0 Å². The van der Waals surface area contributed by atoms with E-state index < -0.39 is 16.1 Å². The molecule has 0 atom stereocenters. The molecule has 1 aliphatic rings. The first-order chi connectivity index (χ1) is 17.7. The molecule has 0 fully saturated rings. The Kier molecular flexibility index (Phi) is 5.94. The molecule has 4 aromatic rings. The quantitative estimate of drug-likeness (QED) is 0.370. The molecule has 1 aliphatic heterocycles. The van der Waals surface area contributed by atoms with Crippen LogP contribution in [-0.2, 0) is 16.6 Å². The minimum atomic E-state index is -4.12. The summed E-state index contributed by atoms with van der Waals surface area (Å²) in [6.45, 7) is 0.0932. The molecule has 5 rings (SSSR count). The average Bonchev–Trinajstić information content (AvgIpc) is 3.31. The summed E-state index contributed by atoms with van der Waals surface area (Å²) in [6.07, 6.45) is 1.50. The first kappa shape index (κ1) is 24.4. The highest BCUT2D eigenvalue weighted by Crippen LogP contribution is 2.43. The molecule has 2 amide bonds. The van der Waals surface area contributed by atoms with E-state index in [1.54, 1.807) is 37.4 Å². The Morgan fingerprint density at radius 1 is 1.11 bits per heavy atom. The van der Waals surface area contributed by atoms with Crippen LogP contribution in [0.4, 0.5) is 16.2 Å². The molecule has 3 heterocycles. The number of benzene rings is 2. The molecule has 0 aliphatic carbocycles. The van der Waals surface area contributed by atoms with Crippen molar-refractivity contribution in [2.75, 3.05) is 31.1 Å². The number of nitriles is 1. The Morgan fingerprint density at radius 2 is 1.84 bits per heavy atom. The van der Waals surface area contributed by atoms with Crippen molar-refractivity contribution in [3.05, 3.63) is 71.0 Å². The van der Waals surface area contributed by atoms with E-state index in [9.17, 15) is 18.5 Å². The number of fused-ring (bicyclic) bond motifs is 3. The number of methoxy groups -OCH3 is 2. The Labute approximate surface area is 217 Å². The standard InChI is InChI=1S/C25H20ClN5O5S/c1-29-23-15(14-30(25(29)32)20-10-17(35-2)11-21(36-3)22(20)26)13-28-24-19(23)9-16(12-27)31(24)37(33,34)18-7-5-4-6-8-18/h4-11,13H,14H2,1-3H3. The number of hydrogen-bond acceptors (Lipinski definition) is 7. The highest BCUT2D eigenvalue weighted by Gasteiger charge is 2.35. The fourth-order valence-corrected chi connectivity index (χ4v) is 6.13. The monoisotopic (exact) mass is 537 g/mol. The molecular formula is C25H20ClN5O5S. The van der Waals surface area contributed by atoms with E-state index in [1.165, 1.54) is 48.4 Å². The summed E-state index contributed by atoms with van der Waals surface area (Å²) in [4.78, 5) is 20.8. The van der Waals surface area contributed by atoms with Gasteiger partial charge in [-0.3, -0.25) is 9.80 Å². The normalized spacial score (nSPS) is 13.4. The maximum atomic E-state index is 13.6. The van der Waals surface area contributed by atoms with Gasteiger partial charge in [-0.25, -0.2) is 22.2 Å². The Morgan fingerprint density at radius 3 is 2.49 bits per heavy atom. The average molecular weight is 538 g/mol. The van der Waals surface area contributed by atoms with Gasteiger partial charge in [-0.15, -0.1) is 0 Å². The molecule has 2 aromatic heterocycles. The van der Waals surface area contributed by atoms with Crippen LogP contribution in [0, 0.1) is 11.3 Å². The zero-order valence-corrected chi connectivity index (χ0v) is 21.5. The van der Waals surface area contributed by atoms with E-state index >= 15 is 0 Å². The predicted octanol–water partition coefficient (Wildman–Crippen LogP) is 4.39. The molecule has 12 heteroatoms. The largest absolute Gasteiger partial charge is 0.497 e. The Hall–Kier alpha value is -4.27. The summed E-state index contributed by atoms with van der Waals surface area (Å²) in [5, 5.41) is 10.4. The molecule has 37 heavy (non-hydrogen) atoms. The van der Waals surface area contributed by atoms with E-state index in [-0.39, 0.29) is 27.8 Å². The molecule has 0 saturated heterocycles. The number of carbonyl (C=O) groups excluding carboxylic acids is 1. The number of nitrogens with zero attached hydrogens (tertiary/aromatic N) is 5. The van der Waals surface area contributed by atoms with Crippen LogP contribution < -0.4 is 19.3 Å². The number of anilines is 2. The lowest BCUT2D eigenvalue weighted by Crippen LogP contribution is -2.45. The van der Waals surface area contributed by atoms with Crippen LogP contribution >= 0.6 is 11.6 Å². The molecule has 0 bridgehead atoms. The lowest BCUT2D eigenvalue weighted by atomic mass is 10.1. The smallest absolute Gasteiger partial charge is 0.329 e. The van der Waals surface area contributed by atoms with Crippen molar-refractivity contribution in [3.63, 3.8) is 0 Å². The van der Waals surface area contributed by atoms with Gasteiger partial charge in [0.2, 0.25) is 0 Å². The lowest BCUT2D eigenvalue weighted by molar-refractivity contribution is 0.251. The maximum Gasteiger partial charge on any atom is 0.329 e. The second-order valence-electron chi connectivity index (χ2n) is 8.18. The van der Waals surface area contributed by atoms with Gasteiger partial charge >= 0.3 is 6.03 Å². The number of pyridine rings is 1. The van der Waals surface area contributed by atoms with Crippen LogP contribution in [0.2, 0.25) is 5.02 Å². The van der Waals surface area contributed by atoms with Gasteiger partial charge < -0.3 is 9.47 Å². The van der Waals surface area contributed by atoms with Gasteiger partial charge in [0.15, 0.2) is 5.65 Å². The molecule has 188 valence electrons. The van der Waals surface area contributed by atoms with E-state index in [2.05, 4.69) is 4.98 Å². The number of amides is 2. The van der Waals surface area contributed by atoms with Crippen LogP contribution in [0.5, 0.6) is 11.5 Å². The Balaban J connectivity index is 1.69. The highest BCUT2D eigenvalue weighted by atomic mass is 35.5. The first-order valence-corrected chi connectivity index (χ1v) is 12.8. The van der Waals surface area contributed by atoms with E-state index in [0.717, 1.165) is 3.97 Å². The van der Waals surface area contributed by atoms with Gasteiger partial charge in [-0.2, -0.15) is 5.26 Å². The predicted molar refractivity (Wildman–Crippen MR) is 138 cm³/mol. The lowest BCUT2D eigenvalue weighted by Gasteiger charge is -2.35. The molecule has 0 N–H and O–H groups in total. The minimum Gasteiger partial charge on any atom is -0.497 e.